The van der Waals surface area contributed by atoms with E-state index in [1.54, 1.807) is 12.1 Å². The molecule has 7 heteroatoms. The molecule has 0 saturated carbocycles. The molecule has 108 valence electrons. The van der Waals surface area contributed by atoms with Gasteiger partial charge in [-0.05, 0) is 30.3 Å². The molecule has 2 aromatic rings. The minimum absolute atomic E-state index is 0.0213. The molecule has 2 rings (SSSR count). The van der Waals surface area contributed by atoms with Gasteiger partial charge in [0.15, 0.2) is 0 Å². The van der Waals surface area contributed by atoms with Crippen LogP contribution in [-0.2, 0) is 9.78 Å². The van der Waals surface area contributed by atoms with Crippen molar-refractivity contribution in [2.45, 2.75) is 0 Å². The summed E-state index contributed by atoms with van der Waals surface area (Å²) in [7, 11) is 0. The highest BCUT2D eigenvalue weighted by molar-refractivity contribution is 6.36. The third-order valence-corrected chi connectivity index (χ3v) is 3.32. The predicted molar refractivity (Wildman–Crippen MR) is 78.7 cm³/mol. The van der Waals surface area contributed by atoms with Crippen LogP contribution in [0.15, 0.2) is 42.5 Å². The Labute approximate surface area is 135 Å². The minimum atomic E-state index is -0.919. The zero-order valence-electron chi connectivity index (χ0n) is 10.3. The van der Waals surface area contributed by atoms with Gasteiger partial charge in [0.1, 0.15) is 0 Å². The van der Waals surface area contributed by atoms with Crippen LogP contribution in [0, 0.1) is 0 Å². The zero-order valence-corrected chi connectivity index (χ0v) is 12.6. The molecule has 4 nitrogen and oxygen atoms in total. The summed E-state index contributed by atoms with van der Waals surface area (Å²) in [6.07, 6.45) is 0. The number of hydrogen-bond acceptors (Lipinski definition) is 4. The molecular weight excluding hydrogens is 339 g/mol. The highest BCUT2D eigenvalue weighted by atomic mass is 35.5. The highest BCUT2D eigenvalue weighted by Crippen LogP contribution is 2.22. The molecule has 0 saturated heterocycles. The highest BCUT2D eigenvalue weighted by Gasteiger charge is 2.18. The van der Waals surface area contributed by atoms with Crippen LogP contribution in [0.25, 0.3) is 0 Å². The SMILES string of the molecule is O=C(OOC(=O)c1ccc(Cl)cc1Cl)c1ccccc1Cl. The van der Waals surface area contributed by atoms with Gasteiger partial charge in [-0.15, -0.1) is 0 Å². The monoisotopic (exact) mass is 344 g/mol. The normalized spacial score (nSPS) is 10.0. The summed E-state index contributed by atoms with van der Waals surface area (Å²) in [5.41, 5.74) is 0.0993. The van der Waals surface area contributed by atoms with E-state index in [0.717, 1.165) is 0 Å². The van der Waals surface area contributed by atoms with E-state index in [9.17, 15) is 9.59 Å². The first-order valence-electron chi connectivity index (χ1n) is 5.62. The first-order chi connectivity index (χ1) is 9.99. The summed E-state index contributed by atoms with van der Waals surface area (Å²) in [6.45, 7) is 0. The summed E-state index contributed by atoms with van der Waals surface area (Å²) >= 11 is 17.4. The van der Waals surface area contributed by atoms with Crippen molar-refractivity contribution in [3.05, 3.63) is 68.7 Å². The summed E-state index contributed by atoms with van der Waals surface area (Å²) < 4.78 is 0. The van der Waals surface area contributed by atoms with Crippen LogP contribution in [-0.4, -0.2) is 11.9 Å². The van der Waals surface area contributed by atoms with Gasteiger partial charge in [0.25, 0.3) is 0 Å². The van der Waals surface area contributed by atoms with Crippen molar-refractivity contribution in [2.75, 3.05) is 0 Å². The zero-order chi connectivity index (χ0) is 15.4. The Balaban J connectivity index is 2.04. The van der Waals surface area contributed by atoms with Crippen LogP contribution >= 0.6 is 34.8 Å². The molecule has 21 heavy (non-hydrogen) atoms. The fraction of sp³-hybridized carbons (Fsp3) is 0. The smallest absolute Gasteiger partial charge is 0.241 e. The van der Waals surface area contributed by atoms with Crippen LogP contribution in [0.4, 0.5) is 0 Å². The Bertz CT molecular complexity index is 700. The van der Waals surface area contributed by atoms with Crippen molar-refractivity contribution in [1.82, 2.24) is 0 Å². The molecule has 0 unspecified atom stereocenters. The van der Waals surface area contributed by atoms with Gasteiger partial charge in [0.2, 0.25) is 0 Å². The van der Waals surface area contributed by atoms with Gasteiger partial charge < -0.3 is 0 Å². The average molecular weight is 346 g/mol. The molecule has 0 fully saturated rings. The van der Waals surface area contributed by atoms with Gasteiger partial charge in [-0.25, -0.2) is 19.4 Å². The lowest BCUT2D eigenvalue weighted by atomic mass is 10.2. The lowest BCUT2D eigenvalue weighted by Gasteiger charge is -2.05. The van der Waals surface area contributed by atoms with E-state index in [0.29, 0.717) is 5.02 Å². The molecule has 2 aromatic carbocycles. The number of benzene rings is 2. The van der Waals surface area contributed by atoms with Crippen molar-refractivity contribution in [1.29, 1.82) is 0 Å². The maximum Gasteiger partial charge on any atom is 0.387 e. The van der Waals surface area contributed by atoms with Crippen LogP contribution < -0.4 is 0 Å². The molecular formula is C14H7Cl3O4. The first-order valence-corrected chi connectivity index (χ1v) is 6.75. The van der Waals surface area contributed by atoms with E-state index in [1.807, 2.05) is 0 Å². The van der Waals surface area contributed by atoms with E-state index in [2.05, 4.69) is 9.78 Å². The van der Waals surface area contributed by atoms with Crippen molar-refractivity contribution < 1.29 is 19.4 Å². The van der Waals surface area contributed by atoms with Crippen molar-refractivity contribution >= 4 is 46.7 Å². The molecule has 0 N–H and O–H groups in total. The van der Waals surface area contributed by atoms with Crippen molar-refractivity contribution in [3.63, 3.8) is 0 Å². The summed E-state index contributed by atoms with van der Waals surface area (Å²) in [5, 5.41) is 0.633. The maximum atomic E-state index is 11.7. The van der Waals surface area contributed by atoms with E-state index in [4.69, 9.17) is 34.8 Å². The van der Waals surface area contributed by atoms with Gasteiger partial charge in [-0.3, -0.25) is 0 Å². The number of rotatable bonds is 2. The molecule has 0 aliphatic carbocycles. The largest absolute Gasteiger partial charge is 0.387 e. The number of carbonyl (C=O) groups is 2. The van der Waals surface area contributed by atoms with E-state index < -0.39 is 11.9 Å². The molecule has 0 heterocycles. The molecule has 0 spiro atoms. The van der Waals surface area contributed by atoms with E-state index in [-0.39, 0.29) is 21.2 Å². The summed E-state index contributed by atoms with van der Waals surface area (Å²) in [4.78, 5) is 32.3. The minimum Gasteiger partial charge on any atom is -0.241 e. The van der Waals surface area contributed by atoms with Crippen LogP contribution in [0.5, 0.6) is 0 Å². The first kappa shape index (κ1) is 15.6. The quantitative estimate of drug-likeness (QED) is 0.591. The second-order valence-electron chi connectivity index (χ2n) is 3.85. The Morgan fingerprint density at radius 1 is 0.762 bits per heavy atom. The standard InChI is InChI=1S/C14H7Cl3O4/c15-8-5-6-10(12(17)7-8)14(19)21-20-13(18)9-3-1-2-4-11(9)16/h1-7H. The van der Waals surface area contributed by atoms with Gasteiger partial charge >= 0.3 is 11.9 Å². The Morgan fingerprint density at radius 2 is 1.33 bits per heavy atom. The van der Waals surface area contributed by atoms with Crippen molar-refractivity contribution in [2.24, 2.45) is 0 Å². The van der Waals surface area contributed by atoms with Crippen LogP contribution in [0.3, 0.4) is 0 Å². The Hall–Kier alpha value is -1.75. The third kappa shape index (κ3) is 3.88. The second-order valence-corrected chi connectivity index (χ2v) is 5.10. The van der Waals surface area contributed by atoms with E-state index in [1.165, 1.54) is 30.3 Å². The van der Waals surface area contributed by atoms with Gasteiger partial charge in [-0.2, -0.15) is 0 Å². The Kier molecular flexibility index (Phi) is 5.07. The predicted octanol–water partition coefficient (Wildman–Crippen LogP) is 4.58. The third-order valence-electron chi connectivity index (χ3n) is 2.44. The van der Waals surface area contributed by atoms with Crippen LogP contribution in [0.2, 0.25) is 15.1 Å². The molecule has 0 aliphatic rings. The molecule has 0 amide bonds. The summed E-state index contributed by atoms with van der Waals surface area (Å²) in [5.74, 6) is -1.81. The van der Waals surface area contributed by atoms with Gasteiger partial charge in [0, 0.05) is 5.02 Å². The summed E-state index contributed by atoms with van der Waals surface area (Å²) in [6, 6.07) is 10.4. The Morgan fingerprint density at radius 3 is 1.90 bits per heavy atom. The van der Waals surface area contributed by atoms with Crippen LogP contribution in [0.1, 0.15) is 20.7 Å². The van der Waals surface area contributed by atoms with Gasteiger partial charge in [-0.1, -0.05) is 46.9 Å². The number of halogens is 3. The topological polar surface area (TPSA) is 52.6 Å². The lowest BCUT2D eigenvalue weighted by molar-refractivity contribution is -0.187. The van der Waals surface area contributed by atoms with Crippen molar-refractivity contribution in [3.8, 4) is 0 Å². The number of hydrogen-bond donors (Lipinski definition) is 0. The second kappa shape index (κ2) is 6.80. The van der Waals surface area contributed by atoms with Gasteiger partial charge in [0.05, 0.1) is 21.2 Å². The number of carbonyl (C=O) groups excluding carboxylic acids is 2. The molecule has 0 aliphatic heterocycles. The maximum absolute atomic E-state index is 11.7. The fourth-order valence-corrected chi connectivity index (χ4v) is 2.15. The fourth-order valence-electron chi connectivity index (χ4n) is 1.45. The van der Waals surface area contributed by atoms with E-state index >= 15 is 0 Å². The molecule has 0 aromatic heterocycles. The molecule has 0 bridgehead atoms. The lowest BCUT2D eigenvalue weighted by Crippen LogP contribution is -2.12. The molecule has 0 atom stereocenters. The average Bonchev–Trinajstić information content (AvgIpc) is 2.45. The molecule has 0 radical (unpaired) electrons.